The Morgan fingerprint density at radius 1 is 1.37 bits per heavy atom. The van der Waals surface area contributed by atoms with Crippen LogP contribution in [0.3, 0.4) is 0 Å². The van der Waals surface area contributed by atoms with E-state index in [-0.39, 0.29) is 11.5 Å². The van der Waals surface area contributed by atoms with E-state index in [0.29, 0.717) is 16.7 Å². The fourth-order valence-electron chi connectivity index (χ4n) is 2.56. The van der Waals surface area contributed by atoms with Crippen LogP contribution in [0.15, 0.2) is 12.1 Å². The van der Waals surface area contributed by atoms with Crippen molar-refractivity contribution in [2.75, 3.05) is 26.4 Å². The van der Waals surface area contributed by atoms with Gasteiger partial charge in [0.15, 0.2) is 0 Å². The first-order valence-corrected chi connectivity index (χ1v) is 7.26. The van der Waals surface area contributed by atoms with Crippen LogP contribution in [0, 0.1) is 5.41 Å². The molecule has 2 heterocycles. The summed E-state index contributed by atoms with van der Waals surface area (Å²) in [6.07, 6.45) is 0.931. The maximum absolute atomic E-state index is 6.18. The molecule has 19 heavy (non-hydrogen) atoms. The van der Waals surface area contributed by atoms with E-state index in [2.05, 4.69) is 12.2 Å². The average molecular weight is 302 g/mol. The summed E-state index contributed by atoms with van der Waals surface area (Å²) in [7, 11) is 0. The average Bonchev–Trinajstić information content (AvgIpc) is 2.34. The van der Waals surface area contributed by atoms with Crippen molar-refractivity contribution >= 4 is 23.2 Å². The molecule has 0 radical (unpaired) electrons. The van der Waals surface area contributed by atoms with Crippen LogP contribution < -0.4 is 10.1 Å². The highest BCUT2D eigenvalue weighted by Gasteiger charge is 2.34. The minimum absolute atomic E-state index is 0.248. The van der Waals surface area contributed by atoms with Crippen molar-refractivity contribution < 1.29 is 9.47 Å². The summed E-state index contributed by atoms with van der Waals surface area (Å²) in [5, 5.41) is 4.84. The van der Waals surface area contributed by atoms with Crippen LogP contribution in [0.25, 0.3) is 0 Å². The monoisotopic (exact) mass is 301 g/mol. The molecule has 2 aliphatic rings. The third kappa shape index (κ3) is 2.70. The molecule has 5 heteroatoms. The van der Waals surface area contributed by atoms with Gasteiger partial charge in [-0.3, -0.25) is 0 Å². The van der Waals surface area contributed by atoms with Crippen molar-refractivity contribution in [3.8, 4) is 5.75 Å². The van der Waals surface area contributed by atoms with Crippen molar-refractivity contribution in [1.29, 1.82) is 0 Å². The van der Waals surface area contributed by atoms with Crippen molar-refractivity contribution in [3.63, 3.8) is 0 Å². The maximum Gasteiger partial charge on any atom is 0.142 e. The molecular weight excluding hydrogens is 285 g/mol. The molecule has 0 bridgehead atoms. The van der Waals surface area contributed by atoms with E-state index >= 15 is 0 Å². The number of fused-ring (bicyclic) bond motifs is 1. The Hall–Kier alpha value is -0.480. The SMILES string of the molecule is CC1(CNC2CCOc3c(Cl)cc(Cl)cc32)COC1. The molecule has 0 aromatic heterocycles. The normalized spacial score (nSPS) is 24.3. The fraction of sp³-hybridized carbons (Fsp3) is 0.571. The van der Waals surface area contributed by atoms with E-state index in [4.69, 9.17) is 32.7 Å². The molecule has 1 aromatic carbocycles. The first kappa shape index (κ1) is 13.5. The van der Waals surface area contributed by atoms with E-state index in [1.54, 1.807) is 6.07 Å². The molecule has 0 saturated carbocycles. The molecule has 0 spiro atoms. The van der Waals surface area contributed by atoms with Crippen molar-refractivity contribution in [2.45, 2.75) is 19.4 Å². The van der Waals surface area contributed by atoms with E-state index in [0.717, 1.165) is 37.5 Å². The number of nitrogens with one attached hydrogen (secondary N) is 1. The third-order valence-corrected chi connectivity index (χ3v) is 4.24. The van der Waals surface area contributed by atoms with Gasteiger partial charge in [-0.1, -0.05) is 30.1 Å². The number of halogens is 2. The highest BCUT2D eigenvalue weighted by Crippen LogP contribution is 2.40. The fourth-order valence-corrected chi connectivity index (χ4v) is 3.12. The van der Waals surface area contributed by atoms with Gasteiger partial charge >= 0.3 is 0 Å². The highest BCUT2D eigenvalue weighted by molar-refractivity contribution is 6.35. The predicted octanol–water partition coefficient (Wildman–Crippen LogP) is 3.44. The number of hydrogen-bond acceptors (Lipinski definition) is 3. The van der Waals surface area contributed by atoms with Crippen LogP contribution in [0.2, 0.25) is 10.0 Å². The van der Waals surface area contributed by atoms with E-state index < -0.39 is 0 Å². The summed E-state index contributed by atoms with van der Waals surface area (Å²) in [5.41, 5.74) is 1.31. The molecule has 0 aliphatic carbocycles. The molecule has 104 valence electrons. The molecule has 3 rings (SSSR count). The summed E-state index contributed by atoms with van der Waals surface area (Å²) < 4.78 is 10.9. The number of benzene rings is 1. The Bertz CT molecular complexity index is 489. The quantitative estimate of drug-likeness (QED) is 0.928. The summed E-state index contributed by atoms with van der Waals surface area (Å²) in [5.74, 6) is 0.768. The molecule has 2 aliphatic heterocycles. The van der Waals surface area contributed by atoms with Crippen LogP contribution in [0.4, 0.5) is 0 Å². The second-order valence-corrected chi connectivity index (χ2v) is 6.52. The van der Waals surface area contributed by atoms with Crippen LogP contribution in [-0.4, -0.2) is 26.4 Å². The largest absolute Gasteiger partial charge is 0.492 e. The smallest absolute Gasteiger partial charge is 0.142 e. The molecule has 1 saturated heterocycles. The Labute approximate surface area is 123 Å². The maximum atomic E-state index is 6.18. The zero-order valence-corrected chi connectivity index (χ0v) is 12.4. The van der Waals surface area contributed by atoms with Gasteiger partial charge in [-0.25, -0.2) is 0 Å². The number of hydrogen-bond donors (Lipinski definition) is 1. The highest BCUT2D eigenvalue weighted by atomic mass is 35.5. The molecule has 0 amide bonds. The zero-order valence-electron chi connectivity index (χ0n) is 10.8. The van der Waals surface area contributed by atoms with Gasteiger partial charge in [-0.05, 0) is 12.1 Å². The van der Waals surface area contributed by atoms with Crippen LogP contribution in [0.1, 0.15) is 24.9 Å². The lowest BCUT2D eigenvalue weighted by molar-refractivity contribution is -0.100. The predicted molar refractivity (Wildman–Crippen MR) is 76.2 cm³/mol. The lowest BCUT2D eigenvalue weighted by Gasteiger charge is -2.40. The lowest BCUT2D eigenvalue weighted by atomic mass is 9.88. The summed E-state index contributed by atoms with van der Waals surface area (Å²) >= 11 is 12.3. The summed E-state index contributed by atoms with van der Waals surface area (Å²) in [4.78, 5) is 0. The van der Waals surface area contributed by atoms with E-state index in [1.165, 1.54) is 0 Å². The second-order valence-electron chi connectivity index (χ2n) is 5.68. The van der Waals surface area contributed by atoms with Gasteiger partial charge in [0.05, 0.1) is 24.8 Å². The minimum Gasteiger partial charge on any atom is -0.492 e. The number of rotatable bonds is 3. The Morgan fingerprint density at radius 2 is 2.16 bits per heavy atom. The third-order valence-electron chi connectivity index (χ3n) is 3.74. The first-order chi connectivity index (χ1) is 9.07. The van der Waals surface area contributed by atoms with E-state index in [1.807, 2.05) is 6.07 Å². The van der Waals surface area contributed by atoms with Gasteiger partial charge in [0.1, 0.15) is 5.75 Å². The molecule has 1 aromatic rings. The Kier molecular flexibility index (Phi) is 3.65. The van der Waals surface area contributed by atoms with Crippen molar-refractivity contribution in [1.82, 2.24) is 5.32 Å². The topological polar surface area (TPSA) is 30.5 Å². The van der Waals surface area contributed by atoms with Gasteiger partial charge in [0, 0.05) is 35.0 Å². The summed E-state index contributed by atoms with van der Waals surface area (Å²) in [6.45, 7) is 5.49. The molecule has 3 nitrogen and oxygen atoms in total. The Morgan fingerprint density at radius 3 is 2.84 bits per heavy atom. The molecule has 1 fully saturated rings. The minimum atomic E-state index is 0.248. The molecular formula is C14H17Cl2NO2. The van der Waals surface area contributed by atoms with Gasteiger partial charge in [-0.15, -0.1) is 0 Å². The van der Waals surface area contributed by atoms with Crippen LogP contribution >= 0.6 is 23.2 Å². The van der Waals surface area contributed by atoms with Gasteiger partial charge in [-0.2, -0.15) is 0 Å². The zero-order chi connectivity index (χ0) is 13.5. The van der Waals surface area contributed by atoms with Gasteiger partial charge < -0.3 is 14.8 Å². The lowest BCUT2D eigenvalue weighted by Crippen LogP contribution is -2.48. The van der Waals surface area contributed by atoms with Gasteiger partial charge in [0.25, 0.3) is 0 Å². The first-order valence-electron chi connectivity index (χ1n) is 6.50. The van der Waals surface area contributed by atoms with Crippen LogP contribution in [0.5, 0.6) is 5.75 Å². The second kappa shape index (κ2) is 5.13. The summed E-state index contributed by atoms with van der Waals surface area (Å²) in [6, 6.07) is 3.92. The van der Waals surface area contributed by atoms with Crippen molar-refractivity contribution in [3.05, 3.63) is 27.7 Å². The van der Waals surface area contributed by atoms with Crippen molar-refractivity contribution in [2.24, 2.45) is 5.41 Å². The van der Waals surface area contributed by atoms with E-state index in [9.17, 15) is 0 Å². The molecule has 1 N–H and O–H groups in total. The Balaban J connectivity index is 1.78. The molecule has 1 atom stereocenters. The number of ether oxygens (including phenoxy) is 2. The standard InChI is InChI=1S/C14H17Cl2NO2/c1-14(7-18-8-14)6-17-12-2-3-19-13-10(12)4-9(15)5-11(13)16/h4-5,12,17H,2-3,6-8H2,1H3. The van der Waals surface area contributed by atoms with Gasteiger partial charge in [0.2, 0.25) is 0 Å². The van der Waals surface area contributed by atoms with Crippen LogP contribution in [-0.2, 0) is 4.74 Å². The molecule has 1 unspecified atom stereocenters.